The fourth-order valence-corrected chi connectivity index (χ4v) is 3.55. The molecule has 1 amide bonds. The van der Waals surface area contributed by atoms with Crippen LogP contribution in [0.25, 0.3) is 0 Å². The minimum absolute atomic E-state index is 0.0344. The molecule has 21 heavy (non-hydrogen) atoms. The summed E-state index contributed by atoms with van der Waals surface area (Å²) in [7, 11) is 0. The number of fused-ring (bicyclic) bond motifs is 1. The number of carbonyl (C=O) groups is 1. The van der Waals surface area contributed by atoms with Gasteiger partial charge >= 0.3 is 6.09 Å². The molecule has 1 fully saturated rings. The van der Waals surface area contributed by atoms with E-state index in [4.69, 9.17) is 4.74 Å². The molecule has 0 aliphatic carbocycles. The molecule has 1 saturated heterocycles. The number of rotatable bonds is 2. The third kappa shape index (κ3) is 2.85. The van der Waals surface area contributed by atoms with Gasteiger partial charge in [-0.05, 0) is 6.92 Å². The lowest BCUT2D eigenvalue weighted by atomic mass is 10.3. The first kappa shape index (κ1) is 14.2. The summed E-state index contributed by atoms with van der Waals surface area (Å²) in [5, 5.41) is 0. The molecule has 1 aromatic rings. The number of piperazine rings is 1. The minimum atomic E-state index is -0.274. The van der Waals surface area contributed by atoms with Crippen LogP contribution in [0.4, 0.5) is 10.7 Å². The van der Waals surface area contributed by atoms with E-state index in [1.807, 2.05) is 4.90 Å². The SMILES string of the molecule is CCOC(=O)N1CCN(c2nc3c(c(=O)[nH]2)CSC3)CC1. The second-order valence-corrected chi connectivity index (χ2v) is 5.97. The zero-order valence-electron chi connectivity index (χ0n) is 11.9. The molecule has 2 aliphatic rings. The maximum absolute atomic E-state index is 12.0. The van der Waals surface area contributed by atoms with Crippen LogP contribution in [0, 0.1) is 0 Å². The molecule has 0 unspecified atom stereocenters. The minimum Gasteiger partial charge on any atom is -0.450 e. The van der Waals surface area contributed by atoms with Crippen LogP contribution in [0.15, 0.2) is 4.79 Å². The number of aromatic nitrogens is 2. The molecule has 1 aromatic heterocycles. The summed E-state index contributed by atoms with van der Waals surface area (Å²) >= 11 is 1.71. The molecule has 7 nitrogen and oxygen atoms in total. The molecule has 3 heterocycles. The van der Waals surface area contributed by atoms with Crippen molar-refractivity contribution in [2.75, 3.05) is 37.7 Å². The van der Waals surface area contributed by atoms with Crippen LogP contribution in [-0.2, 0) is 16.2 Å². The third-order valence-corrected chi connectivity index (χ3v) is 4.65. The highest BCUT2D eigenvalue weighted by Gasteiger charge is 2.25. The first-order valence-corrected chi connectivity index (χ1v) is 8.21. The van der Waals surface area contributed by atoms with Crippen molar-refractivity contribution in [2.24, 2.45) is 0 Å². The lowest BCUT2D eigenvalue weighted by molar-refractivity contribution is 0.105. The van der Waals surface area contributed by atoms with E-state index in [-0.39, 0.29) is 11.7 Å². The Labute approximate surface area is 126 Å². The summed E-state index contributed by atoms with van der Waals surface area (Å²) in [6.45, 7) is 4.63. The van der Waals surface area contributed by atoms with Crippen molar-refractivity contribution in [1.82, 2.24) is 14.9 Å². The molecule has 0 atom stereocenters. The van der Waals surface area contributed by atoms with Gasteiger partial charge in [-0.3, -0.25) is 9.78 Å². The zero-order valence-corrected chi connectivity index (χ0v) is 12.7. The van der Waals surface area contributed by atoms with E-state index < -0.39 is 0 Å². The van der Waals surface area contributed by atoms with Crippen molar-refractivity contribution in [2.45, 2.75) is 18.4 Å². The number of anilines is 1. The van der Waals surface area contributed by atoms with Gasteiger partial charge in [-0.25, -0.2) is 9.78 Å². The Morgan fingerprint density at radius 3 is 2.81 bits per heavy atom. The summed E-state index contributed by atoms with van der Waals surface area (Å²) in [5.41, 5.74) is 1.66. The molecule has 0 bridgehead atoms. The van der Waals surface area contributed by atoms with Gasteiger partial charge in [-0.2, -0.15) is 11.8 Å². The van der Waals surface area contributed by atoms with Crippen molar-refractivity contribution in [3.8, 4) is 0 Å². The average molecular weight is 310 g/mol. The average Bonchev–Trinajstić information content (AvgIpc) is 2.97. The van der Waals surface area contributed by atoms with Crippen molar-refractivity contribution < 1.29 is 9.53 Å². The van der Waals surface area contributed by atoms with E-state index in [0.29, 0.717) is 38.7 Å². The summed E-state index contributed by atoms with van der Waals surface area (Å²) < 4.78 is 4.99. The smallest absolute Gasteiger partial charge is 0.409 e. The van der Waals surface area contributed by atoms with Gasteiger partial charge in [0.25, 0.3) is 5.56 Å². The molecule has 0 aromatic carbocycles. The molecule has 2 aliphatic heterocycles. The fourth-order valence-electron chi connectivity index (χ4n) is 2.51. The van der Waals surface area contributed by atoms with E-state index in [0.717, 1.165) is 22.8 Å². The second-order valence-electron chi connectivity index (χ2n) is 4.98. The Bertz CT molecular complexity index is 596. The number of carbonyl (C=O) groups excluding carboxylic acids is 1. The molecule has 114 valence electrons. The normalized spacial score (nSPS) is 17.8. The van der Waals surface area contributed by atoms with Gasteiger partial charge in [-0.15, -0.1) is 0 Å². The largest absolute Gasteiger partial charge is 0.450 e. The van der Waals surface area contributed by atoms with Gasteiger partial charge in [0.05, 0.1) is 12.3 Å². The molecular weight excluding hydrogens is 292 g/mol. The highest BCUT2D eigenvalue weighted by molar-refractivity contribution is 7.98. The fraction of sp³-hybridized carbons (Fsp3) is 0.615. The topological polar surface area (TPSA) is 78.5 Å². The lowest BCUT2D eigenvalue weighted by Crippen LogP contribution is -2.49. The van der Waals surface area contributed by atoms with E-state index in [1.54, 1.807) is 23.6 Å². The predicted molar refractivity (Wildman–Crippen MR) is 80.7 cm³/mol. The second kappa shape index (κ2) is 5.97. The highest BCUT2D eigenvalue weighted by atomic mass is 32.2. The van der Waals surface area contributed by atoms with E-state index in [1.165, 1.54) is 0 Å². The zero-order chi connectivity index (χ0) is 14.8. The first-order valence-electron chi connectivity index (χ1n) is 7.05. The van der Waals surface area contributed by atoms with Crippen LogP contribution in [0.5, 0.6) is 0 Å². The van der Waals surface area contributed by atoms with Crippen LogP contribution in [0.2, 0.25) is 0 Å². The third-order valence-electron chi connectivity index (χ3n) is 3.68. The number of ether oxygens (including phenoxy) is 1. The first-order chi connectivity index (χ1) is 10.2. The van der Waals surface area contributed by atoms with E-state index in [9.17, 15) is 9.59 Å². The Morgan fingerprint density at radius 2 is 2.10 bits per heavy atom. The summed E-state index contributed by atoms with van der Waals surface area (Å²) in [4.78, 5) is 34.8. The van der Waals surface area contributed by atoms with Crippen LogP contribution in [-0.4, -0.2) is 53.7 Å². The standard InChI is InChI=1S/C13H18N4O3S/c1-2-20-13(19)17-5-3-16(4-6-17)12-14-10-8-21-7-9(10)11(18)15-12/h2-8H2,1H3,(H,14,15,18). The van der Waals surface area contributed by atoms with Gasteiger partial charge in [0.1, 0.15) is 0 Å². The molecule has 0 spiro atoms. The Balaban J connectivity index is 1.69. The number of H-pyrrole nitrogens is 1. The summed E-state index contributed by atoms with van der Waals surface area (Å²) in [6, 6.07) is 0. The maximum Gasteiger partial charge on any atom is 0.409 e. The molecule has 0 radical (unpaired) electrons. The Kier molecular flexibility index (Phi) is 4.05. The number of aromatic amines is 1. The summed E-state index contributed by atoms with van der Waals surface area (Å²) in [5.74, 6) is 2.16. The molecular formula is C13H18N4O3S. The number of thioether (sulfide) groups is 1. The van der Waals surface area contributed by atoms with Crippen LogP contribution in [0.1, 0.15) is 18.2 Å². The number of amides is 1. The van der Waals surface area contributed by atoms with Gasteiger partial charge in [0.15, 0.2) is 0 Å². The molecule has 8 heteroatoms. The summed E-state index contributed by atoms with van der Waals surface area (Å²) in [6.07, 6.45) is -0.274. The quantitative estimate of drug-likeness (QED) is 0.870. The molecule has 1 N–H and O–H groups in total. The van der Waals surface area contributed by atoms with Crippen molar-refractivity contribution in [1.29, 1.82) is 0 Å². The van der Waals surface area contributed by atoms with Crippen molar-refractivity contribution >= 4 is 23.8 Å². The monoisotopic (exact) mass is 310 g/mol. The number of nitrogens with one attached hydrogen (secondary N) is 1. The van der Waals surface area contributed by atoms with Gasteiger partial charge in [-0.1, -0.05) is 0 Å². The van der Waals surface area contributed by atoms with Gasteiger partial charge in [0.2, 0.25) is 5.95 Å². The van der Waals surface area contributed by atoms with Gasteiger partial charge in [0, 0.05) is 43.2 Å². The van der Waals surface area contributed by atoms with Crippen LogP contribution >= 0.6 is 11.8 Å². The molecule has 3 rings (SSSR count). The van der Waals surface area contributed by atoms with Gasteiger partial charge < -0.3 is 14.5 Å². The highest BCUT2D eigenvalue weighted by Crippen LogP contribution is 2.26. The van der Waals surface area contributed by atoms with E-state index in [2.05, 4.69) is 9.97 Å². The van der Waals surface area contributed by atoms with E-state index >= 15 is 0 Å². The lowest BCUT2D eigenvalue weighted by Gasteiger charge is -2.34. The molecule has 0 saturated carbocycles. The maximum atomic E-state index is 12.0. The Morgan fingerprint density at radius 1 is 1.33 bits per heavy atom. The van der Waals surface area contributed by atoms with Crippen molar-refractivity contribution in [3.05, 3.63) is 21.6 Å². The van der Waals surface area contributed by atoms with Crippen LogP contribution in [0.3, 0.4) is 0 Å². The number of nitrogens with zero attached hydrogens (tertiary/aromatic N) is 3. The Hall–Kier alpha value is -1.70. The van der Waals surface area contributed by atoms with Crippen molar-refractivity contribution in [3.63, 3.8) is 0 Å². The van der Waals surface area contributed by atoms with Crippen LogP contribution < -0.4 is 10.5 Å². The number of hydrogen-bond acceptors (Lipinski definition) is 6. The number of hydrogen-bond donors (Lipinski definition) is 1. The predicted octanol–water partition coefficient (Wildman–Crippen LogP) is 0.795.